The van der Waals surface area contributed by atoms with E-state index in [0.29, 0.717) is 17.1 Å². The van der Waals surface area contributed by atoms with Crippen LogP contribution in [0.4, 0.5) is 4.39 Å². The minimum atomic E-state index is -0.852. The van der Waals surface area contributed by atoms with Crippen molar-refractivity contribution in [3.8, 4) is 0 Å². The first kappa shape index (κ1) is 10.1. The van der Waals surface area contributed by atoms with E-state index in [-0.39, 0.29) is 0 Å². The predicted octanol–water partition coefficient (Wildman–Crippen LogP) is 1.88. The first-order valence-corrected chi connectivity index (χ1v) is 4.73. The molecule has 0 bridgehead atoms. The summed E-state index contributed by atoms with van der Waals surface area (Å²) in [6.45, 7) is 1.03. The number of hydrogen-bond acceptors (Lipinski definition) is 3. The van der Waals surface area contributed by atoms with Crippen LogP contribution in [0.3, 0.4) is 0 Å². The molecule has 1 aromatic heterocycles. The number of carboxylic acids is 1. The molecule has 1 aromatic rings. The van der Waals surface area contributed by atoms with Gasteiger partial charge >= 0.3 is 5.97 Å². The van der Waals surface area contributed by atoms with Crippen molar-refractivity contribution < 1.29 is 14.3 Å². The van der Waals surface area contributed by atoms with Gasteiger partial charge in [0, 0.05) is 11.8 Å². The Morgan fingerprint density at radius 2 is 2.54 bits per heavy atom. The molecule has 0 aliphatic carbocycles. The first-order chi connectivity index (χ1) is 6.13. The number of aliphatic carboxylic acids is 1. The fourth-order valence-electron chi connectivity index (χ4n) is 0.905. The zero-order valence-electron chi connectivity index (χ0n) is 7.16. The number of halogens is 1. The highest BCUT2D eigenvalue weighted by Gasteiger charge is 2.13. The lowest BCUT2D eigenvalue weighted by atomic mass is 10.1. The number of carboxylic acid groups (broad SMARTS) is 1. The van der Waals surface area contributed by atoms with Crippen LogP contribution in [-0.2, 0) is 17.9 Å². The first-order valence-electron chi connectivity index (χ1n) is 3.85. The van der Waals surface area contributed by atoms with Gasteiger partial charge in [0.25, 0.3) is 0 Å². The lowest BCUT2D eigenvalue weighted by Crippen LogP contribution is -2.12. The smallest absolute Gasteiger partial charge is 0.306 e. The molecule has 0 saturated heterocycles. The maximum atomic E-state index is 12.1. The average Bonchev–Trinajstić information content (AvgIpc) is 2.52. The van der Waals surface area contributed by atoms with Crippen LogP contribution in [0, 0.1) is 5.92 Å². The zero-order chi connectivity index (χ0) is 9.84. The van der Waals surface area contributed by atoms with Crippen molar-refractivity contribution >= 4 is 17.3 Å². The summed E-state index contributed by atoms with van der Waals surface area (Å²) in [7, 11) is 0. The summed E-state index contributed by atoms with van der Waals surface area (Å²) in [6.07, 6.45) is 0.367. The molecule has 0 aromatic carbocycles. The average molecular weight is 203 g/mol. The zero-order valence-corrected chi connectivity index (χ0v) is 7.97. The number of carbonyl (C=O) groups is 1. The van der Waals surface area contributed by atoms with E-state index in [4.69, 9.17) is 5.11 Å². The molecule has 13 heavy (non-hydrogen) atoms. The molecule has 0 spiro atoms. The Kier molecular flexibility index (Phi) is 3.36. The molecule has 0 radical (unpaired) electrons. The molecular formula is C8H10FNO2S. The van der Waals surface area contributed by atoms with Gasteiger partial charge in [-0.05, 0) is 0 Å². The Labute approximate surface area is 79.2 Å². The molecule has 1 heterocycles. The molecule has 0 amide bonds. The Morgan fingerprint density at radius 1 is 1.85 bits per heavy atom. The van der Waals surface area contributed by atoms with Crippen LogP contribution in [0.5, 0.6) is 0 Å². The Balaban J connectivity index is 2.58. The van der Waals surface area contributed by atoms with Crippen LogP contribution >= 0.6 is 11.3 Å². The summed E-state index contributed by atoms with van der Waals surface area (Å²) in [4.78, 5) is 14.4. The van der Waals surface area contributed by atoms with Crippen LogP contribution in [0.15, 0.2) is 5.38 Å². The molecule has 0 aliphatic rings. The van der Waals surface area contributed by atoms with Crippen LogP contribution in [0.25, 0.3) is 0 Å². The van der Waals surface area contributed by atoms with E-state index in [1.807, 2.05) is 0 Å². The monoisotopic (exact) mass is 203 g/mol. The highest BCUT2D eigenvalue weighted by molar-refractivity contribution is 7.09. The van der Waals surface area contributed by atoms with Crippen molar-refractivity contribution in [2.75, 3.05) is 0 Å². The van der Waals surface area contributed by atoms with Gasteiger partial charge in [-0.25, -0.2) is 9.37 Å². The van der Waals surface area contributed by atoms with E-state index in [1.165, 1.54) is 11.3 Å². The highest BCUT2D eigenvalue weighted by Crippen LogP contribution is 2.14. The third-order valence-corrected chi connectivity index (χ3v) is 2.51. The standard InChI is InChI=1S/C8H10FNO2S/c1-5(8(11)12)2-6-4-13-7(3-9)10-6/h4-5H,2-3H2,1H3,(H,11,12). The Morgan fingerprint density at radius 3 is 3.00 bits per heavy atom. The van der Waals surface area contributed by atoms with Gasteiger partial charge < -0.3 is 5.11 Å². The lowest BCUT2D eigenvalue weighted by Gasteiger charge is -2.01. The SMILES string of the molecule is CC(Cc1csc(CF)n1)C(=O)O. The summed E-state index contributed by atoms with van der Waals surface area (Å²) in [5.41, 5.74) is 0.660. The predicted molar refractivity (Wildman–Crippen MR) is 47.4 cm³/mol. The minimum Gasteiger partial charge on any atom is -0.481 e. The molecule has 1 rings (SSSR count). The maximum absolute atomic E-state index is 12.1. The van der Waals surface area contributed by atoms with Gasteiger partial charge in [-0.15, -0.1) is 11.3 Å². The van der Waals surface area contributed by atoms with Gasteiger partial charge in [-0.2, -0.15) is 0 Å². The second-order valence-corrected chi connectivity index (χ2v) is 3.75. The third kappa shape index (κ3) is 2.77. The van der Waals surface area contributed by atoms with Crippen molar-refractivity contribution in [3.05, 3.63) is 16.1 Å². The fourth-order valence-corrected chi connectivity index (χ4v) is 1.56. The Hall–Kier alpha value is -0.970. The normalized spacial score (nSPS) is 12.8. The minimum absolute atomic E-state index is 0.367. The summed E-state index contributed by atoms with van der Waals surface area (Å²) < 4.78 is 12.1. The highest BCUT2D eigenvalue weighted by atomic mass is 32.1. The van der Waals surface area contributed by atoms with Gasteiger partial charge in [0.05, 0.1) is 11.6 Å². The fraction of sp³-hybridized carbons (Fsp3) is 0.500. The molecule has 0 aliphatic heterocycles. The second kappa shape index (κ2) is 4.32. The van der Waals surface area contributed by atoms with Gasteiger partial charge in [0.2, 0.25) is 0 Å². The Bertz CT molecular complexity index is 300. The lowest BCUT2D eigenvalue weighted by molar-refractivity contribution is -0.141. The molecule has 0 fully saturated rings. The molecule has 1 atom stereocenters. The van der Waals surface area contributed by atoms with Crippen molar-refractivity contribution in [1.29, 1.82) is 0 Å². The summed E-state index contributed by atoms with van der Waals surface area (Å²) in [5, 5.41) is 10.7. The number of alkyl halides is 1. The van der Waals surface area contributed by atoms with E-state index in [9.17, 15) is 9.18 Å². The summed E-state index contributed by atoms with van der Waals surface area (Å²) in [6, 6.07) is 0. The number of aromatic nitrogens is 1. The molecule has 5 heteroatoms. The third-order valence-electron chi connectivity index (χ3n) is 1.65. The number of thiazole rings is 1. The maximum Gasteiger partial charge on any atom is 0.306 e. The van der Waals surface area contributed by atoms with E-state index >= 15 is 0 Å². The largest absolute Gasteiger partial charge is 0.481 e. The van der Waals surface area contributed by atoms with E-state index < -0.39 is 18.6 Å². The molecule has 3 nitrogen and oxygen atoms in total. The van der Waals surface area contributed by atoms with Crippen molar-refractivity contribution in [3.63, 3.8) is 0 Å². The van der Waals surface area contributed by atoms with E-state index in [0.717, 1.165) is 0 Å². The van der Waals surface area contributed by atoms with E-state index in [2.05, 4.69) is 4.98 Å². The topological polar surface area (TPSA) is 50.2 Å². The van der Waals surface area contributed by atoms with Crippen LogP contribution in [-0.4, -0.2) is 16.1 Å². The molecule has 1 unspecified atom stereocenters. The van der Waals surface area contributed by atoms with Gasteiger partial charge in [0.1, 0.15) is 11.7 Å². The van der Waals surface area contributed by atoms with Crippen molar-refractivity contribution in [2.45, 2.75) is 20.0 Å². The van der Waals surface area contributed by atoms with Crippen molar-refractivity contribution in [2.24, 2.45) is 5.92 Å². The number of rotatable bonds is 4. The molecule has 0 saturated carbocycles. The molecule has 72 valence electrons. The van der Waals surface area contributed by atoms with Crippen molar-refractivity contribution in [1.82, 2.24) is 4.98 Å². The van der Waals surface area contributed by atoms with Crippen LogP contribution < -0.4 is 0 Å². The van der Waals surface area contributed by atoms with Crippen LogP contribution in [0.1, 0.15) is 17.6 Å². The molecular weight excluding hydrogens is 193 g/mol. The van der Waals surface area contributed by atoms with Gasteiger partial charge in [-0.1, -0.05) is 6.92 Å². The van der Waals surface area contributed by atoms with Gasteiger partial charge in [0.15, 0.2) is 0 Å². The molecule has 1 N–H and O–H groups in total. The quantitative estimate of drug-likeness (QED) is 0.812. The number of hydrogen-bond donors (Lipinski definition) is 1. The van der Waals surface area contributed by atoms with E-state index in [1.54, 1.807) is 12.3 Å². The summed E-state index contributed by atoms with van der Waals surface area (Å²) >= 11 is 1.22. The van der Waals surface area contributed by atoms with Crippen LogP contribution in [0.2, 0.25) is 0 Å². The van der Waals surface area contributed by atoms with Gasteiger partial charge in [-0.3, -0.25) is 4.79 Å². The summed E-state index contributed by atoms with van der Waals surface area (Å²) in [5.74, 6) is -1.32. The number of nitrogens with zero attached hydrogens (tertiary/aromatic N) is 1. The second-order valence-electron chi connectivity index (χ2n) is 2.81.